The van der Waals surface area contributed by atoms with Crippen molar-refractivity contribution in [3.05, 3.63) is 17.7 Å². The Morgan fingerprint density at radius 2 is 2.00 bits per heavy atom. The summed E-state index contributed by atoms with van der Waals surface area (Å²) in [6.45, 7) is 1.78. The van der Waals surface area contributed by atoms with Gasteiger partial charge in [0.2, 0.25) is 5.75 Å². The minimum atomic E-state index is -0.257. The van der Waals surface area contributed by atoms with E-state index in [1.54, 1.807) is 13.0 Å². The number of hydrogen-bond acceptors (Lipinski definition) is 4. The highest BCUT2D eigenvalue weighted by Gasteiger charge is 2.11. The van der Waals surface area contributed by atoms with Gasteiger partial charge in [0, 0.05) is 6.04 Å². The summed E-state index contributed by atoms with van der Waals surface area (Å²) in [5, 5.41) is 18.6. The first kappa shape index (κ1) is 9.67. The van der Waals surface area contributed by atoms with Gasteiger partial charge in [-0.3, -0.25) is 0 Å². The minimum absolute atomic E-state index is 0.208. The van der Waals surface area contributed by atoms with Gasteiger partial charge in [-0.1, -0.05) is 0 Å². The molecule has 0 amide bonds. The lowest BCUT2D eigenvalue weighted by molar-refractivity contribution is 0.350. The molecule has 1 atom stereocenters. The topological polar surface area (TPSA) is 75.7 Å². The monoisotopic (exact) mass is 183 g/mol. The molecule has 13 heavy (non-hydrogen) atoms. The number of phenols is 2. The minimum Gasteiger partial charge on any atom is -0.504 e. The lowest BCUT2D eigenvalue weighted by atomic mass is 10.1. The molecule has 0 spiro atoms. The zero-order valence-corrected chi connectivity index (χ0v) is 7.61. The van der Waals surface area contributed by atoms with Gasteiger partial charge < -0.3 is 20.7 Å². The molecule has 0 radical (unpaired) electrons. The van der Waals surface area contributed by atoms with Crippen molar-refractivity contribution in [3.63, 3.8) is 0 Å². The molecule has 0 saturated heterocycles. The van der Waals surface area contributed by atoms with E-state index in [2.05, 4.69) is 0 Å². The van der Waals surface area contributed by atoms with E-state index < -0.39 is 0 Å². The number of nitrogens with two attached hydrogens (primary N) is 1. The van der Waals surface area contributed by atoms with Gasteiger partial charge in [0.25, 0.3) is 0 Å². The van der Waals surface area contributed by atoms with Gasteiger partial charge in [0.1, 0.15) is 0 Å². The maximum Gasteiger partial charge on any atom is 0.200 e. The summed E-state index contributed by atoms with van der Waals surface area (Å²) in [7, 11) is 1.42. The van der Waals surface area contributed by atoms with Crippen molar-refractivity contribution < 1.29 is 14.9 Å². The van der Waals surface area contributed by atoms with Crippen molar-refractivity contribution in [2.75, 3.05) is 7.11 Å². The highest BCUT2D eigenvalue weighted by molar-refractivity contribution is 5.52. The van der Waals surface area contributed by atoms with Gasteiger partial charge >= 0.3 is 0 Å². The van der Waals surface area contributed by atoms with Crippen LogP contribution >= 0.6 is 0 Å². The fourth-order valence-electron chi connectivity index (χ4n) is 1.03. The Bertz CT molecular complexity index is 310. The van der Waals surface area contributed by atoms with Crippen LogP contribution in [0.25, 0.3) is 0 Å². The first-order valence-corrected chi connectivity index (χ1v) is 3.91. The predicted octanol–water partition coefficient (Wildman–Crippen LogP) is 1.13. The quantitative estimate of drug-likeness (QED) is 0.601. The van der Waals surface area contributed by atoms with Gasteiger partial charge in [0.05, 0.1) is 7.11 Å². The highest BCUT2D eigenvalue weighted by atomic mass is 16.5. The van der Waals surface area contributed by atoms with Gasteiger partial charge in [-0.25, -0.2) is 0 Å². The van der Waals surface area contributed by atoms with E-state index in [9.17, 15) is 10.2 Å². The number of phenolic OH excluding ortho intramolecular Hbond substituents is 2. The van der Waals surface area contributed by atoms with Crippen LogP contribution in [0.3, 0.4) is 0 Å². The molecular weight excluding hydrogens is 170 g/mol. The van der Waals surface area contributed by atoms with Crippen LogP contribution in [0, 0.1) is 0 Å². The third-order valence-electron chi connectivity index (χ3n) is 1.82. The number of benzene rings is 1. The van der Waals surface area contributed by atoms with Crippen molar-refractivity contribution >= 4 is 0 Å². The summed E-state index contributed by atoms with van der Waals surface area (Å²) in [4.78, 5) is 0. The van der Waals surface area contributed by atoms with E-state index in [0.29, 0.717) is 5.56 Å². The Balaban J connectivity index is 3.22. The number of hydrogen-bond donors (Lipinski definition) is 3. The third-order valence-corrected chi connectivity index (χ3v) is 1.82. The third kappa shape index (κ3) is 1.84. The summed E-state index contributed by atoms with van der Waals surface area (Å²) in [5.74, 6) is -0.245. The Hall–Kier alpha value is -1.42. The fourth-order valence-corrected chi connectivity index (χ4v) is 1.03. The number of rotatable bonds is 2. The largest absolute Gasteiger partial charge is 0.504 e. The van der Waals surface area contributed by atoms with Crippen molar-refractivity contribution in [2.24, 2.45) is 5.73 Å². The zero-order chi connectivity index (χ0) is 10.0. The molecule has 0 fully saturated rings. The van der Waals surface area contributed by atoms with Crippen LogP contribution in [0.4, 0.5) is 0 Å². The first-order chi connectivity index (χ1) is 6.06. The van der Waals surface area contributed by atoms with Crippen molar-refractivity contribution in [2.45, 2.75) is 13.0 Å². The second-order valence-electron chi connectivity index (χ2n) is 2.88. The van der Waals surface area contributed by atoms with E-state index in [-0.39, 0.29) is 23.3 Å². The van der Waals surface area contributed by atoms with Crippen LogP contribution in [-0.4, -0.2) is 17.3 Å². The molecule has 0 aromatic heterocycles. The van der Waals surface area contributed by atoms with E-state index in [1.165, 1.54) is 13.2 Å². The van der Waals surface area contributed by atoms with Crippen molar-refractivity contribution in [1.82, 2.24) is 0 Å². The molecule has 4 heteroatoms. The van der Waals surface area contributed by atoms with Gasteiger partial charge in [-0.2, -0.15) is 0 Å². The molecule has 1 rings (SSSR count). The molecular formula is C9H13NO3. The SMILES string of the molecule is COc1cc([C@H](C)N)cc(O)c1O. The van der Waals surface area contributed by atoms with Crippen LogP contribution in [0.5, 0.6) is 17.2 Å². The maximum atomic E-state index is 9.29. The van der Waals surface area contributed by atoms with E-state index in [4.69, 9.17) is 10.5 Å². The smallest absolute Gasteiger partial charge is 0.200 e. The zero-order valence-electron chi connectivity index (χ0n) is 7.61. The second-order valence-corrected chi connectivity index (χ2v) is 2.88. The number of aromatic hydroxyl groups is 2. The van der Waals surface area contributed by atoms with Crippen LogP contribution in [-0.2, 0) is 0 Å². The molecule has 0 heterocycles. The molecule has 0 aliphatic carbocycles. The van der Waals surface area contributed by atoms with Crippen LogP contribution in [0.1, 0.15) is 18.5 Å². The van der Waals surface area contributed by atoms with Gasteiger partial charge in [-0.05, 0) is 24.6 Å². The Labute approximate surface area is 76.6 Å². The Morgan fingerprint density at radius 1 is 1.38 bits per heavy atom. The molecule has 0 aliphatic rings. The van der Waals surface area contributed by atoms with Crippen molar-refractivity contribution in [1.29, 1.82) is 0 Å². The fraction of sp³-hybridized carbons (Fsp3) is 0.333. The lowest BCUT2D eigenvalue weighted by Crippen LogP contribution is -2.04. The second kappa shape index (κ2) is 3.53. The van der Waals surface area contributed by atoms with Gasteiger partial charge in [-0.15, -0.1) is 0 Å². The number of ether oxygens (including phenoxy) is 1. The summed E-state index contributed by atoms with van der Waals surface area (Å²) in [5.41, 5.74) is 6.32. The lowest BCUT2D eigenvalue weighted by Gasteiger charge is -2.10. The molecule has 0 unspecified atom stereocenters. The molecule has 4 N–H and O–H groups in total. The van der Waals surface area contributed by atoms with E-state index >= 15 is 0 Å². The first-order valence-electron chi connectivity index (χ1n) is 3.91. The highest BCUT2D eigenvalue weighted by Crippen LogP contribution is 2.37. The molecule has 1 aromatic carbocycles. The van der Waals surface area contributed by atoms with Crippen LogP contribution in [0.2, 0.25) is 0 Å². The predicted molar refractivity (Wildman–Crippen MR) is 48.9 cm³/mol. The molecule has 1 aromatic rings. The summed E-state index contributed by atoms with van der Waals surface area (Å²) < 4.78 is 4.85. The molecule has 4 nitrogen and oxygen atoms in total. The average Bonchev–Trinajstić information content (AvgIpc) is 2.09. The number of methoxy groups -OCH3 is 1. The van der Waals surface area contributed by atoms with Gasteiger partial charge in [0.15, 0.2) is 11.5 Å². The van der Waals surface area contributed by atoms with E-state index in [0.717, 1.165) is 0 Å². The Kier molecular flexibility index (Phi) is 2.63. The molecule has 0 saturated carbocycles. The van der Waals surface area contributed by atoms with E-state index in [1.807, 2.05) is 0 Å². The summed E-state index contributed by atoms with van der Waals surface area (Å²) in [6.07, 6.45) is 0. The van der Waals surface area contributed by atoms with Crippen molar-refractivity contribution in [3.8, 4) is 17.2 Å². The summed E-state index contributed by atoms with van der Waals surface area (Å²) in [6, 6.07) is 2.81. The summed E-state index contributed by atoms with van der Waals surface area (Å²) >= 11 is 0. The Morgan fingerprint density at radius 3 is 2.46 bits per heavy atom. The molecule has 0 aliphatic heterocycles. The van der Waals surface area contributed by atoms with Crippen LogP contribution in [0.15, 0.2) is 12.1 Å². The standard InChI is InChI=1S/C9H13NO3/c1-5(10)6-3-7(11)9(12)8(4-6)13-2/h3-5,11-12H,10H2,1-2H3/t5-/m0/s1. The average molecular weight is 183 g/mol. The molecule has 72 valence electrons. The molecule has 0 bridgehead atoms. The normalized spacial score (nSPS) is 12.5. The maximum absolute atomic E-state index is 9.29. The van der Waals surface area contributed by atoms with Crippen LogP contribution < -0.4 is 10.5 Å².